The molecule has 0 aliphatic heterocycles. The zero-order valence-electron chi connectivity index (χ0n) is 32.8. The maximum absolute atomic E-state index is 6.67. The molecule has 0 radical (unpaired) electrons. The third-order valence-electron chi connectivity index (χ3n) is 15.1. The lowest BCUT2D eigenvalue weighted by Crippen LogP contribution is -2.47. The van der Waals surface area contributed by atoms with Crippen LogP contribution in [0.1, 0.15) is 160 Å². The van der Waals surface area contributed by atoms with E-state index in [4.69, 9.17) is 8.83 Å². The molecule has 2 aromatic heterocycles. The molecular weight excluding hydrogens is 637 g/mol. The Bertz CT molecular complexity index is 1640. The fourth-order valence-electron chi connectivity index (χ4n) is 13.0. The van der Waals surface area contributed by atoms with Gasteiger partial charge in [-0.05, 0) is 144 Å². The van der Waals surface area contributed by atoms with Gasteiger partial charge in [0.15, 0.2) is 0 Å². The van der Waals surface area contributed by atoms with Crippen LogP contribution in [0.2, 0.25) is 24.2 Å². The molecule has 8 rings (SSSR count). The summed E-state index contributed by atoms with van der Waals surface area (Å²) in [5.41, 5.74) is 7.55. The van der Waals surface area contributed by atoms with Crippen molar-refractivity contribution in [3.8, 4) is 0 Å². The second-order valence-corrected chi connectivity index (χ2v) is 23.8. The zero-order valence-corrected chi connectivity index (χ0v) is 33.8. The predicted molar refractivity (Wildman–Crippen MR) is 215 cm³/mol. The molecule has 272 valence electrons. The van der Waals surface area contributed by atoms with Crippen LogP contribution in [0, 0.1) is 37.5 Å². The van der Waals surface area contributed by atoms with Gasteiger partial charge in [-0.15, -0.1) is 0 Å². The molecule has 2 heterocycles. The minimum atomic E-state index is -1.96. The van der Waals surface area contributed by atoms with Crippen molar-refractivity contribution in [3.63, 3.8) is 0 Å². The lowest BCUT2D eigenvalue weighted by Gasteiger charge is -2.49. The average Bonchev–Trinajstić information content (AvgIpc) is 3.92. The van der Waals surface area contributed by atoms with Gasteiger partial charge in [0.1, 0.15) is 23.0 Å². The summed E-state index contributed by atoms with van der Waals surface area (Å²) >= 11 is 0. The van der Waals surface area contributed by atoms with Gasteiger partial charge in [0.25, 0.3) is 0 Å². The Morgan fingerprint density at radius 1 is 0.490 bits per heavy atom. The van der Waals surface area contributed by atoms with Crippen LogP contribution in [0.3, 0.4) is 0 Å². The Morgan fingerprint density at radius 3 is 1.22 bits per heavy atom. The standard InChI is InChI=1S/C48H64O2Si/c1-29(2)33-17-21-35(22-18-33)37-11-9-13-39-41(37)27-43(45-25-15-31(5)49-45)47(39)51(7,8)48-40-14-10-12-38(36-23-19-34(20-24-36)30(3)4)42(40)28-44(48)46-26-16-32(6)50-46/h15-26,29-30,37-44,47-48H,9-14,27-28H2,1-8H3. The van der Waals surface area contributed by atoms with Crippen molar-refractivity contribution in [2.45, 2.75) is 153 Å². The Morgan fingerprint density at radius 2 is 0.882 bits per heavy atom. The fraction of sp³-hybridized carbons (Fsp3) is 0.583. The number of furan rings is 2. The molecule has 0 spiro atoms. The molecule has 0 bridgehead atoms. The van der Waals surface area contributed by atoms with Gasteiger partial charge < -0.3 is 8.83 Å². The van der Waals surface area contributed by atoms with E-state index in [0.29, 0.717) is 35.5 Å². The first-order valence-corrected chi connectivity index (χ1v) is 24.0. The highest BCUT2D eigenvalue weighted by atomic mass is 28.3. The summed E-state index contributed by atoms with van der Waals surface area (Å²) in [6, 6.07) is 28.9. The van der Waals surface area contributed by atoms with Crippen molar-refractivity contribution >= 4 is 8.07 Å². The highest BCUT2D eigenvalue weighted by Crippen LogP contribution is 2.70. The van der Waals surface area contributed by atoms with Crippen LogP contribution in [0.15, 0.2) is 81.6 Å². The van der Waals surface area contributed by atoms with Crippen molar-refractivity contribution in [3.05, 3.63) is 118 Å². The lowest BCUT2D eigenvalue weighted by atomic mass is 9.70. The van der Waals surface area contributed by atoms with Crippen LogP contribution in [-0.4, -0.2) is 8.07 Å². The van der Waals surface area contributed by atoms with Gasteiger partial charge in [-0.1, -0.05) is 115 Å². The Balaban J connectivity index is 1.19. The van der Waals surface area contributed by atoms with Gasteiger partial charge in [-0.25, -0.2) is 0 Å². The van der Waals surface area contributed by atoms with Crippen molar-refractivity contribution in [1.29, 1.82) is 0 Å². The number of benzene rings is 2. The number of hydrogen-bond acceptors (Lipinski definition) is 2. The molecule has 4 saturated carbocycles. The van der Waals surface area contributed by atoms with Gasteiger partial charge in [-0.3, -0.25) is 0 Å². The van der Waals surface area contributed by atoms with Gasteiger partial charge in [-0.2, -0.15) is 0 Å². The molecule has 10 atom stereocenters. The lowest BCUT2D eigenvalue weighted by molar-refractivity contribution is 0.226. The van der Waals surface area contributed by atoms with Gasteiger partial charge in [0, 0.05) is 11.8 Å². The third kappa shape index (κ3) is 6.36. The Labute approximate surface area is 310 Å². The topological polar surface area (TPSA) is 26.3 Å². The van der Waals surface area contributed by atoms with E-state index >= 15 is 0 Å². The molecule has 2 aromatic carbocycles. The molecule has 2 nitrogen and oxygen atoms in total. The van der Waals surface area contributed by atoms with Crippen LogP contribution in [0.25, 0.3) is 0 Å². The normalized spacial score (nSPS) is 32.4. The molecule has 3 heteroatoms. The number of hydrogen-bond donors (Lipinski definition) is 0. The summed E-state index contributed by atoms with van der Waals surface area (Å²) in [7, 11) is -1.96. The van der Waals surface area contributed by atoms with Crippen molar-refractivity contribution < 1.29 is 8.83 Å². The molecular formula is C48H64O2Si. The SMILES string of the molecule is Cc1ccc(C2CC3C(c4ccc(C(C)C)cc4)CCCC3C2[Si](C)(C)C2C(c3ccc(C)o3)CC3C(c4ccc(C(C)C)cc4)CCCC32)o1. The second-order valence-electron chi connectivity index (χ2n) is 18.8. The van der Waals surface area contributed by atoms with E-state index in [1.165, 1.54) is 74.0 Å². The summed E-state index contributed by atoms with van der Waals surface area (Å²) < 4.78 is 13.3. The molecule has 4 aliphatic carbocycles. The van der Waals surface area contributed by atoms with Gasteiger partial charge in [0.05, 0.1) is 8.07 Å². The first-order chi connectivity index (χ1) is 24.5. The van der Waals surface area contributed by atoms with Crippen LogP contribution in [-0.2, 0) is 0 Å². The highest BCUT2D eigenvalue weighted by molar-refractivity contribution is 6.80. The van der Waals surface area contributed by atoms with E-state index < -0.39 is 8.07 Å². The molecule has 0 amide bonds. The molecule has 51 heavy (non-hydrogen) atoms. The third-order valence-corrected chi connectivity index (χ3v) is 20.2. The molecule has 4 aromatic rings. The van der Waals surface area contributed by atoms with Crippen LogP contribution >= 0.6 is 0 Å². The molecule has 10 unspecified atom stereocenters. The van der Waals surface area contributed by atoms with Crippen LogP contribution < -0.4 is 0 Å². The Hall–Kier alpha value is -2.78. The Kier molecular flexibility index (Phi) is 9.60. The largest absolute Gasteiger partial charge is 0.466 e. The first-order valence-electron chi connectivity index (χ1n) is 20.8. The van der Waals surface area contributed by atoms with Crippen LogP contribution in [0.5, 0.6) is 0 Å². The maximum Gasteiger partial charge on any atom is 0.107 e. The first kappa shape index (κ1) is 35.3. The van der Waals surface area contributed by atoms with E-state index in [-0.39, 0.29) is 0 Å². The minimum Gasteiger partial charge on any atom is -0.466 e. The van der Waals surface area contributed by atoms with E-state index in [2.05, 4.69) is 127 Å². The van der Waals surface area contributed by atoms with Crippen molar-refractivity contribution in [2.24, 2.45) is 23.7 Å². The van der Waals surface area contributed by atoms with E-state index in [0.717, 1.165) is 46.3 Å². The minimum absolute atomic E-state index is 0.520. The number of aryl methyl sites for hydroxylation is 2. The predicted octanol–water partition coefficient (Wildman–Crippen LogP) is 14.3. The average molecular weight is 701 g/mol. The second kappa shape index (κ2) is 13.9. The fourth-order valence-corrected chi connectivity index (χ4v) is 19.1. The highest BCUT2D eigenvalue weighted by Gasteiger charge is 2.62. The summed E-state index contributed by atoms with van der Waals surface area (Å²) in [4.78, 5) is 0. The quantitative estimate of drug-likeness (QED) is 0.171. The van der Waals surface area contributed by atoms with E-state index in [1.54, 1.807) is 11.1 Å². The zero-order chi connectivity index (χ0) is 35.6. The molecule has 4 fully saturated rings. The summed E-state index contributed by atoms with van der Waals surface area (Å²) in [6.45, 7) is 19.3. The van der Waals surface area contributed by atoms with Crippen molar-refractivity contribution in [1.82, 2.24) is 0 Å². The number of fused-ring (bicyclic) bond motifs is 2. The van der Waals surface area contributed by atoms with Gasteiger partial charge >= 0.3 is 0 Å². The summed E-state index contributed by atoms with van der Waals surface area (Å²) in [6.07, 6.45) is 10.7. The monoisotopic (exact) mass is 700 g/mol. The smallest absolute Gasteiger partial charge is 0.107 e. The van der Waals surface area contributed by atoms with E-state index in [9.17, 15) is 0 Å². The number of rotatable bonds is 8. The van der Waals surface area contributed by atoms with Crippen molar-refractivity contribution in [2.75, 3.05) is 0 Å². The molecule has 4 aliphatic rings. The molecule has 0 saturated heterocycles. The van der Waals surface area contributed by atoms with E-state index in [1.807, 2.05) is 0 Å². The summed E-state index contributed by atoms with van der Waals surface area (Å²) in [5, 5.41) is 0. The van der Waals surface area contributed by atoms with Crippen LogP contribution in [0.4, 0.5) is 0 Å². The maximum atomic E-state index is 6.67. The van der Waals surface area contributed by atoms with Gasteiger partial charge in [0.2, 0.25) is 0 Å². The summed E-state index contributed by atoms with van der Waals surface area (Å²) in [5.74, 6) is 11.2. The molecule has 0 N–H and O–H groups in total.